The van der Waals surface area contributed by atoms with Gasteiger partial charge in [0, 0.05) is 17.3 Å². The number of hydrogen-bond donors (Lipinski definition) is 1. The van der Waals surface area contributed by atoms with Crippen LogP contribution in [0.4, 0.5) is 0 Å². The monoisotopic (exact) mass is 225 g/mol. The minimum atomic E-state index is 0.676. The predicted octanol–water partition coefficient (Wildman–Crippen LogP) is 3.36. The molecule has 0 aromatic heterocycles. The molecule has 0 bridgehead atoms. The lowest BCUT2D eigenvalue weighted by molar-refractivity contribution is 0.349. The third kappa shape index (κ3) is 3.53. The summed E-state index contributed by atoms with van der Waals surface area (Å²) < 4.78 is 0. The first-order valence-electron chi connectivity index (χ1n) is 6.34. The van der Waals surface area contributed by atoms with Crippen molar-refractivity contribution in [3.63, 3.8) is 0 Å². The number of nitrogens with one attached hydrogen (secondary N) is 1. The lowest BCUT2D eigenvalue weighted by atomic mass is 9.93. The Kier molecular flexibility index (Phi) is 4.58. The average Bonchev–Trinajstić information content (AvgIpc) is 2.31. The minimum Gasteiger partial charge on any atom is -0.308 e. The maximum absolute atomic E-state index is 3.81. The second-order valence-electron chi connectivity index (χ2n) is 4.84. The van der Waals surface area contributed by atoms with Crippen molar-refractivity contribution in [3.05, 3.63) is 12.2 Å². The van der Waals surface area contributed by atoms with E-state index in [1.165, 1.54) is 44.9 Å². The Hall–Kier alpha value is 0.0500. The highest BCUT2D eigenvalue weighted by Gasteiger charge is 2.22. The van der Waals surface area contributed by atoms with Crippen LogP contribution in [0.1, 0.15) is 44.9 Å². The quantitative estimate of drug-likeness (QED) is 0.739. The molecule has 1 fully saturated rings. The van der Waals surface area contributed by atoms with Crippen molar-refractivity contribution in [3.8, 4) is 0 Å². The summed E-state index contributed by atoms with van der Waals surface area (Å²) in [6.45, 7) is 0. The molecule has 0 aliphatic heterocycles. The molecule has 2 aliphatic carbocycles. The molecule has 1 unspecified atom stereocenters. The minimum absolute atomic E-state index is 0.676. The van der Waals surface area contributed by atoms with Gasteiger partial charge in [-0.1, -0.05) is 12.2 Å². The summed E-state index contributed by atoms with van der Waals surface area (Å²) in [5.74, 6) is 0. The van der Waals surface area contributed by atoms with E-state index in [-0.39, 0.29) is 0 Å². The van der Waals surface area contributed by atoms with Crippen LogP contribution in [-0.2, 0) is 0 Å². The molecule has 1 N–H and O–H groups in total. The van der Waals surface area contributed by atoms with Crippen LogP contribution in [0.15, 0.2) is 12.2 Å². The van der Waals surface area contributed by atoms with Crippen LogP contribution in [0.5, 0.6) is 0 Å². The van der Waals surface area contributed by atoms with Crippen LogP contribution < -0.4 is 5.32 Å². The fourth-order valence-electron chi connectivity index (χ4n) is 2.72. The van der Waals surface area contributed by atoms with Crippen molar-refractivity contribution in [2.45, 2.75) is 62.3 Å². The summed E-state index contributed by atoms with van der Waals surface area (Å²) in [4.78, 5) is 0. The molecule has 2 aliphatic rings. The molecular weight excluding hydrogens is 202 g/mol. The molecular formula is C13H23NS. The topological polar surface area (TPSA) is 12.0 Å². The third-order valence-corrected chi connectivity index (χ3v) is 4.85. The average molecular weight is 225 g/mol. The van der Waals surface area contributed by atoms with Gasteiger partial charge in [0.15, 0.2) is 0 Å². The van der Waals surface area contributed by atoms with Gasteiger partial charge in [-0.3, -0.25) is 0 Å². The van der Waals surface area contributed by atoms with Crippen molar-refractivity contribution in [1.82, 2.24) is 5.32 Å². The van der Waals surface area contributed by atoms with Crippen molar-refractivity contribution in [2.24, 2.45) is 0 Å². The van der Waals surface area contributed by atoms with Gasteiger partial charge in [-0.25, -0.2) is 0 Å². The predicted molar refractivity (Wildman–Crippen MR) is 69.5 cm³/mol. The van der Waals surface area contributed by atoms with E-state index in [4.69, 9.17) is 0 Å². The first-order valence-corrected chi connectivity index (χ1v) is 7.63. The zero-order chi connectivity index (χ0) is 10.5. The molecule has 1 nitrogen and oxygen atoms in total. The summed E-state index contributed by atoms with van der Waals surface area (Å²) in [5, 5.41) is 4.74. The maximum Gasteiger partial charge on any atom is 0.0252 e. The maximum atomic E-state index is 3.81. The number of rotatable bonds is 3. The molecule has 86 valence electrons. The Bertz CT molecular complexity index is 207. The van der Waals surface area contributed by atoms with Gasteiger partial charge in [0.1, 0.15) is 0 Å². The van der Waals surface area contributed by atoms with E-state index in [2.05, 4.69) is 35.5 Å². The molecule has 0 spiro atoms. The van der Waals surface area contributed by atoms with E-state index in [0.29, 0.717) is 6.04 Å². The van der Waals surface area contributed by atoms with Crippen LogP contribution in [-0.4, -0.2) is 23.6 Å². The van der Waals surface area contributed by atoms with E-state index in [0.717, 1.165) is 11.3 Å². The lowest BCUT2D eigenvalue weighted by Gasteiger charge is -2.31. The molecule has 15 heavy (non-hydrogen) atoms. The Morgan fingerprint density at radius 2 is 1.93 bits per heavy atom. The van der Waals surface area contributed by atoms with Crippen LogP contribution in [0, 0.1) is 0 Å². The Morgan fingerprint density at radius 3 is 2.53 bits per heavy atom. The SMILES string of the molecule is CSC1CCC(NC2C=CCCC2)CC1. The second-order valence-corrected chi connectivity index (χ2v) is 5.98. The molecule has 0 radical (unpaired) electrons. The molecule has 0 saturated heterocycles. The number of allylic oxidation sites excluding steroid dienone is 1. The van der Waals surface area contributed by atoms with E-state index in [1.807, 2.05) is 0 Å². The Morgan fingerprint density at radius 1 is 1.13 bits per heavy atom. The van der Waals surface area contributed by atoms with Gasteiger partial charge in [-0.05, 0) is 51.2 Å². The molecule has 1 atom stereocenters. The molecule has 0 aromatic rings. The first-order chi connectivity index (χ1) is 7.38. The summed E-state index contributed by atoms with van der Waals surface area (Å²) in [5.41, 5.74) is 0. The Labute approximate surface area is 98.1 Å². The molecule has 2 rings (SSSR count). The van der Waals surface area contributed by atoms with Crippen molar-refractivity contribution < 1.29 is 0 Å². The zero-order valence-corrected chi connectivity index (χ0v) is 10.6. The number of hydrogen-bond acceptors (Lipinski definition) is 2. The highest BCUT2D eigenvalue weighted by atomic mass is 32.2. The van der Waals surface area contributed by atoms with E-state index in [1.54, 1.807) is 0 Å². The largest absolute Gasteiger partial charge is 0.308 e. The fourth-order valence-corrected chi connectivity index (χ4v) is 3.46. The van der Waals surface area contributed by atoms with Crippen LogP contribution in [0.2, 0.25) is 0 Å². The van der Waals surface area contributed by atoms with E-state index >= 15 is 0 Å². The molecule has 0 aromatic carbocycles. The van der Waals surface area contributed by atoms with Crippen molar-refractivity contribution >= 4 is 11.8 Å². The normalized spacial score (nSPS) is 36.7. The summed E-state index contributed by atoms with van der Waals surface area (Å²) in [6, 6.07) is 1.47. The summed E-state index contributed by atoms with van der Waals surface area (Å²) in [6.07, 6.45) is 16.6. The highest BCUT2D eigenvalue weighted by molar-refractivity contribution is 7.99. The van der Waals surface area contributed by atoms with Crippen LogP contribution >= 0.6 is 11.8 Å². The second kappa shape index (κ2) is 5.95. The third-order valence-electron chi connectivity index (χ3n) is 3.71. The van der Waals surface area contributed by atoms with Gasteiger partial charge in [0.2, 0.25) is 0 Å². The van der Waals surface area contributed by atoms with Gasteiger partial charge in [0.05, 0.1) is 0 Å². The van der Waals surface area contributed by atoms with Crippen molar-refractivity contribution in [2.75, 3.05) is 6.26 Å². The van der Waals surface area contributed by atoms with Gasteiger partial charge < -0.3 is 5.32 Å². The fraction of sp³-hybridized carbons (Fsp3) is 0.846. The van der Waals surface area contributed by atoms with Gasteiger partial charge >= 0.3 is 0 Å². The van der Waals surface area contributed by atoms with E-state index in [9.17, 15) is 0 Å². The van der Waals surface area contributed by atoms with Gasteiger partial charge in [0.25, 0.3) is 0 Å². The molecule has 0 heterocycles. The standard InChI is InChI=1S/C13H23NS/c1-15-13-9-7-12(8-10-13)14-11-5-3-2-4-6-11/h3,5,11-14H,2,4,6-10H2,1H3. The molecule has 0 amide bonds. The number of thioether (sulfide) groups is 1. The van der Waals surface area contributed by atoms with Crippen LogP contribution in [0.3, 0.4) is 0 Å². The summed E-state index contributed by atoms with van der Waals surface area (Å²) >= 11 is 2.05. The van der Waals surface area contributed by atoms with Crippen LogP contribution in [0.25, 0.3) is 0 Å². The smallest absolute Gasteiger partial charge is 0.0252 e. The molecule has 2 heteroatoms. The van der Waals surface area contributed by atoms with Gasteiger partial charge in [-0.15, -0.1) is 0 Å². The summed E-state index contributed by atoms with van der Waals surface area (Å²) in [7, 11) is 0. The Balaban J connectivity index is 1.71. The highest BCUT2D eigenvalue weighted by Crippen LogP contribution is 2.27. The first kappa shape index (κ1) is 11.5. The van der Waals surface area contributed by atoms with Gasteiger partial charge in [-0.2, -0.15) is 11.8 Å². The van der Waals surface area contributed by atoms with E-state index < -0.39 is 0 Å². The van der Waals surface area contributed by atoms with Crippen molar-refractivity contribution in [1.29, 1.82) is 0 Å². The zero-order valence-electron chi connectivity index (χ0n) is 9.74. The lowest BCUT2D eigenvalue weighted by Crippen LogP contribution is -2.40. The molecule has 1 saturated carbocycles.